The van der Waals surface area contributed by atoms with Crippen molar-refractivity contribution in [1.29, 1.82) is 0 Å². The second kappa shape index (κ2) is 7.25. The van der Waals surface area contributed by atoms with Gasteiger partial charge in [0.2, 0.25) is 5.91 Å². The summed E-state index contributed by atoms with van der Waals surface area (Å²) in [5.74, 6) is -1.33. The summed E-state index contributed by atoms with van der Waals surface area (Å²) in [4.78, 5) is 22.9. The number of nitrogens with one attached hydrogen (secondary N) is 1. The summed E-state index contributed by atoms with van der Waals surface area (Å²) in [7, 11) is 0. The standard InChI is InChI=1S/C13H17BrN2O3/c1-8(3-2-6-15)12(17)16-9-4-5-11(14)10(7-9)13(18)19/h4-5,7-8H,2-3,6,15H2,1H3,(H,16,17)(H,18,19). The molecule has 0 fully saturated rings. The van der Waals surface area contributed by atoms with Gasteiger partial charge in [-0.1, -0.05) is 6.92 Å². The van der Waals surface area contributed by atoms with Crippen LogP contribution in [-0.2, 0) is 4.79 Å². The predicted molar refractivity (Wildman–Crippen MR) is 77.2 cm³/mol. The maximum absolute atomic E-state index is 11.9. The molecule has 4 N–H and O–H groups in total. The van der Waals surface area contributed by atoms with Crippen molar-refractivity contribution in [2.45, 2.75) is 19.8 Å². The molecule has 0 aliphatic rings. The highest BCUT2D eigenvalue weighted by Crippen LogP contribution is 2.21. The molecule has 1 atom stereocenters. The fourth-order valence-corrected chi connectivity index (χ4v) is 2.00. The third-order valence-electron chi connectivity index (χ3n) is 2.75. The quantitative estimate of drug-likeness (QED) is 0.747. The summed E-state index contributed by atoms with van der Waals surface area (Å²) in [6.07, 6.45) is 1.50. The average Bonchev–Trinajstić information content (AvgIpc) is 2.37. The zero-order chi connectivity index (χ0) is 14.4. The fourth-order valence-electron chi connectivity index (χ4n) is 1.59. The summed E-state index contributed by atoms with van der Waals surface area (Å²) in [5.41, 5.74) is 5.99. The molecule has 0 radical (unpaired) electrons. The maximum Gasteiger partial charge on any atom is 0.336 e. The van der Waals surface area contributed by atoms with E-state index in [1.165, 1.54) is 6.07 Å². The minimum atomic E-state index is -1.04. The molecule has 19 heavy (non-hydrogen) atoms. The molecule has 0 saturated heterocycles. The first kappa shape index (κ1) is 15.7. The Kier molecular flexibility index (Phi) is 5.98. The number of amides is 1. The Bertz CT molecular complexity index is 477. The van der Waals surface area contributed by atoms with Gasteiger partial charge < -0.3 is 16.2 Å². The second-order valence-corrected chi connectivity index (χ2v) is 5.18. The molecular weight excluding hydrogens is 312 g/mol. The van der Waals surface area contributed by atoms with Crippen molar-refractivity contribution in [3.63, 3.8) is 0 Å². The van der Waals surface area contributed by atoms with Crippen LogP contribution in [0.5, 0.6) is 0 Å². The van der Waals surface area contributed by atoms with Crippen LogP contribution in [0.4, 0.5) is 5.69 Å². The first-order valence-corrected chi connectivity index (χ1v) is 6.78. The highest BCUT2D eigenvalue weighted by molar-refractivity contribution is 9.10. The molecule has 0 aliphatic carbocycles. The number of rotatable bonds is 6. The minimum absolute atomic E-state index is 0.118. The lowest BCUT2D eigenvalue weighted by atomic mass is 10.0. The van der Waals surface area contributed by atoms with Gasteiger partial charge in [-0.3, -0.25) is 4.79 Å². The van der Waals surface area contributed by atoms with Gasteiger partial charge in [-0.25, -0.2) is 4.79 Å². The predicted octanol–water partition coefficient (Wildman–Crippen LogP) is 2.46. The summed E-state index contributed by atoms with van der Waals surface area (Å²) in [6, 6.07) is 4.69. The van der Waals surface area contributed by atoms with Gasteiger partial charge in [0.15, 0.2) is 0 Å². The molecule has 0 aromatic heterocycles. The Morgan fingerprint density at radius 3 is 2.74 bits per heavy atom. The van der Waals surface area contributed by atoms with Crippen molar-refractivity contribution >= 4 is 33.5 Å². The fraction of sp³-hybridized carbons (Fsp3) is 0.385. The molecule has 0 bridgehead atoms. The summed E-state index contributed by atoms with van der Waals surface area (Å²) < 4.78 is 0.481. The molecule has 0 spiro atoms. The van der Waals surface area contributed by atoms with Gasteiger partial charge >= 0.3 is 5.97 Å². The van der Waals surface area contributed by atoms with Crippen molar-refractivity contribution in [1.82, 2.24) is 0 Å². The number of aromatic carboxylic acids is 1. The lowest BCUT2D eigenvalue weighted by Gasteiger charge is -2.12. The van der Waals surface area contributed by atoms with Gasteiger partial charge in [0, 0.05) is 16.1 Å². The van der Waals surface area contributed by atoms with Crippen LogP contribution in [0.1, 0.15) is 30.1 Å². The summed E-state index contributed by atoms with van der Waals surface area (Å²) in [6.45, 7) is 2.38. The van der Waals surface area contributed by atoms with Crippen LogP contribution in [0, 0.1) is 5.92 Å². The molecule has 1 rings (SSSR count). The molecular formula is C13H17BrN2O3. The first-order valence-electron chi connectivity index (χ1n) is 5.99. The highest BCUT2D eigenvalue weighted by atomic mass is 79.9. The number of carboxylic acids is 1. The molecule has 1 amide bonds. The number of carbonyl (C=O) groups excluding carboxylic acids is 1. The number of hydrogen-bond acceptors (Lipinski definition) is 3. The van der Waals surface area contributed by atoms with E-state index in [4.69, 9.17) is 10.8 Å². The number of carbonyl (C=O) groups is 2. The van der Waals surface area contributed by atoms with E-state index in [2.05, 4.69) is 21.2 Å². The Labute approximate surface area is 120 Å². The number of carboxylic acid groups (broad SMARTS) is 1. The van der Waals surface area contributed by atoms with Gasteiger partial charge in [-0.05, 0) is 53.5 Å². The molecule has 1 aromatic carbocycles. The van der Waals surface area contributed by atoms with Crippen molar-refractivity contribution < 1.29 is 14.7 Å². The maximum atomic E-state index is 11.9. The van der Waals surface area contributed by atoms with Gasteiger partial charge in [0.05, 0.1) is 5.56 Å². The van der Waals surface area contributed by atoms with Gasteiger partial charge in [0.1, 0.15) is 0 Å². The number of benzene rings is 1. The zero-order valence-corrected chi connectivity index (χ0v) is 12.2. The van der Waals surface area contributed by atoms with Crippen LogP contribution in [0.15, 0.2) is 22.7 Å². The van der Waals surface area contributed by atoms with E-state index in [9.17, 15) is 9.59 Å². The van der Waals surface area contributed by atoms with E-state index >= 15 is 0 Å². The van der Waals surface area contributed by atoms with Crippen molar-refractivity contribution in [2.24, 2.45) is 11.7 Å². The van der Waals surface area contributed by atoms with Crippen LogP contribution in [0.3, 0.4) is 0 Å². The number of nitrogens with two attached hydrogens (primary N) is 1. The smallest absolute Gasteiger partial charge is 0.336 e. The van der Waals surface area contributed by atoms with Gasteiger partial charge in [-0.2, -0.15) is 0 Å². The number of hydrogen-bond donors (Lipinski definition) is 3. The van der Waals surface area contributed by atoms with Gasteiger partial charge in [0.25, 0.3) is 0 Å². The molecule has 0 aliphatic heterocycles. The number of anilines is 1. The minimum Gasteiger partial charge on any atom is -0.478 e. The van der Waals surface area contributed by atoms with Crippen LogP contribution < -0.4 is 11.1 Å². The molecule has 1 unspecified atom stereocenters. The zero-order valence-electron chi connectivity index (χ0n) is 10.6. The van der Waals surface area contributed by atoms with Crippen molar-refractivity contribution in [3.05, 3.63) is 28.2 Å². The van der Waals surface area contributed by atoms with E-state index in [-0.39, 0.29) is 17.4 Å². The molecule has 1 aromatic rings. The molecule has 0 heterocycles. The third kappa shape index (κ3) is 4.65. The molecule has 6 heteroatoms. The van der Waals surface area contributed by atoms with Crippen LogP contribution in [0.2, 0.25) is 0 Å². The second-order valence-electron chi connectivity index (χ2n) is 4.32. The Morgan fingerprint density at radius 1 is 1.47 bits per heavy atom. The normalized spacial score (nSPS) is 11.9. The van der Waals surface area contributed by atoms with Crippen LogP contribution in [0.25, 0.3) is 0 Å². The highest BCUT2D eigenvalue weighted by Gasteiger charge is 2.14. The topological polar surface area (TPSA) is 92.4 Å². The lowest BCUT2D eigenvalue weighted by molar-refractivity contribution is -0.119. The molecule has 5 nitrogen and oxygen atoms in total. The van der Waals surface area contributed by atoms with E-state index in [1.54, 1.807) is 12.1 Å². The third-order valence-corrected chi connectivity index (χ3v) is 3.44. The molecule has 0 saturated carbocycles. The monoisotopic (exact) mass is 328 g/mol. The van der Waals surface area contributed by atoms with Crippen molar-refractivity contribution in [3.8, 4) is 0 Å². The van der Waals surface area contributed by atoms with Crippen molar-refractivity contribution in [2.75, 3.05) is 11.9 Å². The van der Waals surface area contributed by atoms with Crippen LogP contribution in [-0.4, -0.2) is 23.5 Å². The molecule has 104 valence electrons. The largest absolute Gasteiger partial charge is 0.478 e. The van der Waals surface area contributed by atoms with E-state index in [0.29, 0.717) is 23.1 Å². The Hall–Kier alpha value is -1.40. The summed E-state index contributed by atoms with van der Waals surface area (Å²) >= 11 is 3.15. The van der Waals surface area contributed by atoms with E-state index in [0.717, 1.165) is 6.42 Å². The van der Waals surface area contributed by atoms with Crippen LogP contribution >= 0.6 is 15.9 Å². The van der Waals surface area contributed by atoms with Gasteiger partial charge in [-0.15, -0.1) is 0 Å². The Balaban J connectivity index is 2.74. The average molecular weight is 329 g/mol. The van der Waals surface area contributed by atoms with E-state index < -0.39 is 5.97 Å². The Morgan fingerprint density at radius 2 is 2.16 bits per heavy atom. The number of halogens is 1. The summed E-state index contributed by atoms with van der Waals surface area (Å²) in [5, 5.41) is 11.7. The first-order chi connectivity index (χ1) is 8.95. The lowest BCUT2D eigenvalue weighted by Crippen LogP contribution is -2.21. The SMILES string of the molecule is CC(CCCN)C(=O)Nc1ccc(Br)c(C(=O)O)c1. The van der Waals surface area contributed by atoms with E-state index in [1.807, 2.05) is 6.92 Å².